The quantitative estimate of drug-likeness (QED) is 0.455. The van der Waals surface area contributed by atoms with Gasteiger partial charge < -0.3 is 4.98 Å². The number of fused-ring (bicyclic) bond motifs is 3. The normalized spacial score (nSPS) is 11.1. The van der Waals surface area contributed by atoms with Crippen molar-refractivity contribution in [3.05, 3.63) is 75.1 Å². The maximum Gasteiger partial charge on any atom is 0.270 e. The van der Waals surface area contributed by atoms with E-state index in [-0.39, 0.29) is 11.2 Å². The molecule has 0 aliphatic heterocycles. The molecule has 0 unspecified atom stereocenters. The van der Waals surface area contributed by atoms with Gasteiger partial charge in [0.05, 0.1) is 21.5 Å². The minimum Gasteiger partial charge on any atom is -0.306 e. The first-order valence-electron chi connectivity index (χ1n) is 6.89. The second-order valence-corrected chi connectivity index (χ2v) is 5.11. The van der Waals surface area contributed by atoms with Crippen molar-refractivity contribution in [1.29, 1.82) is 0 Å². The van der Waals surface area contributed by atoms with Gasteiger partial charge in [-0.2, -0.15) is 5.10 Å². The molecule has 1 N–H and O–H groups in total. The molecule has 4 rings (SSSR count). The number of H-pyrrole nitrogens is 1. The topological polar surface area (TPSA) is 93.3 Å². The molecule has 2 aromatic heterocycles. The van der Waals surface area contributed by atoms with Crippen molar-refractivity contribution >= 4 is 22.2 Å². The molecule has 4 aromatic rings. The number of nitro groups is 1. The Bertz CT molecular complexity index is 1130. The first-order chi connectivity index (χ1) is 11.1. The van der Waals surface area contributed by atoms with Gasteiger partial charge in [0.2, 0.25) is 0 Å². The lowest BCUT2D eigenvalue weighted by molar-refractivity contribution is -0.384. The van der Waals surface area contributed by atoms with E-state index in [9.17, 15) is 14.9 Å². The van der Waals surface area contributed by atoms with Crippen LogP contribution in [-0.2, 0) is 0 Å². The average molecular weight is 306 g/mol. The van der Waals surface area contributed by atoms with Crippen LogP contribution in [0.3, 0.4) is 0 Å². The number of rotatable bonds is 2. The number of para-hydroxylation sites is 1. The van der Waals surface area contributed by atoms with E-state index in [2.05, 4.69) is 10.1 Å². The highest BCUT2D eigenvalue weighted by atomic mass is 16.6. The Balaban J connectivity index is 2.00. The third-order valence-corrected chi connectivity index (χ3v) is 3.68. The molecule has 0 atom stereocenters. The van der Waals surface area contributed by atoms with Crippen LogP contribution in [0.4, 0.5) is 5.69 Å². The van der Waals surface area contributed by atoms with Crippen molar-refractivity contribution < 1.29 is 4.92 Å². The summed E-state index contributed by atoms with van der Waals surface area (Å²) >= 11 is 0. The van der Waals surface area contributed by atoms with Crippen LogP contribution >= 0.6 is 0 Å². The van der Waals surface area contributed by atoms with Gasteiger partial charge in [0.15, 0.2) is 0 Å². The molecule has 0 saturated heterocycles. The molecule has 0 radical (unpaired) electrons. The SMILES string of the molecule is O=c1[nH]c2cc(-c3cccc([N+](=O)[O-])c3)nn2c2ccccc12. The van der Waals surface area contributed by atoms with Crippen molar-refractivity contribution in [3.8, 4) is 11.3 Å². The van der Waals surface area contributed by atoms with E-state index < -0.39 is 4.92 Å². The highest BCUT2D eigenvalue weighted by Crippen LogP contribution is 2.24. The second kappa shape index (κ2) is 4.77. The van der Waals surface area contributed by atoms with Gasteiger partial charge >= 0.3 is 0 Å². The van der Waals surface area contributed by atoms with Crippen LogP contribution in [0.25, 0.3) is 27.8 Å². The molecule has 0 amide bonds. The number of nitrogens with zero attached hydrogens (tertiary/aromatic N) is 3. The highest BCUT2D eigenvalue weighted by Gasteiger charge is 2.12. The van der Waals surface area contributed by atoms with E-state index in [0.29, 0.717) is 27.8 Å². The lowest BCUT2D eigenvalue weighted by atomic mass is 10.1. The van der Waals surface area contributed by atoms with Crippen LogP contribution in [0.15, 0.2) is 59.4 Å². The van der Waals surface area contributed by atoms with Gasteiger partial charge in [0, 0.05) is 23.8 Å². The van der Waals surface area contributed by atoms with Crippen molar-refractivity contribution in [3.63, 3.8) is 0 Å². The number of hydrogen-bond acceptors (Lipinski definition) is 4. The molecular weight excluding hydrogens is 296 g/mol. The van der Waals surface area contributed by atoms with Crippen LogP contribution in [0.1, 0.15) is 0 Å². The minimum atomic E-state index is -0.448. The highest BCUT2D eigenvalue weighted by molar-refractivity contribution is 5.81. The molecule has 7 nitrogen and oxygen atoms in total. The standard InChI is InChI=1S/C16H10N4O3/c21-16-12-6-1-2-7-14(12)19-15(17-16)9-13(18-19)10-4-3-5-11(8-10)20(22)23/h1-9H,(H,17,21). The fourth-order valence-electron chi connectivity index (χ4n) is 2.61. The fraction of sp³-hybridized carbons (Fsp3) is 0. The molecule has 0 aliphatic rings. The monoisotopic (exact) mass is 306 g/mol. The summed E-state index contributed by atoms with van der Waals surface area (Å²) in [5.74, 6) is 0. The Hall–Kier alpha value is -3.48. The smallest absolute Gasteiger partial charge is 0.270 e. The summed E-state index contributed by atoms with van der Waals surface area (Å²) in [7, 11) is 0. The summed E-state index contributed by atoms with van der Waals surface area (Å²) in [6.45, 7) is 0. The van der Waals surface area contributed by atoms with Crippen molar-refractivity contribution in [2.45, 2.75) is 0 Å². The molecule has 0 bridgehead atoms. The predicted octanol–water partition coefficient (Wildman–Crippen LogP) is 2.75. The molecule has 2 aromatic carbocycles. The molecule has 0 saturated carbocycles. The summed E-state index contributed by atoms with van der Waals surface area (Å²) in [5.41, 5.74) is 2.20. The maximum absolute atomic E-state index is 12.1. The Morgan fingerprint density at radius 1 is 1.09 bits per heavy atom. The third-order valence-electron chi connectivity index (χ3n) is 3.68. The minimum absolute atomic E-state index is 0.00194. The van der Waals surface area contributed by atoms with Gasteiger partial charge in [-0.1, -0.05) is 24.3 Å². The number of nitro benzene ring substituents is 1. The third kappa shape index (κ3) is 2.06. The molecule has 0 fully saturated rings. The number of non-ortho nitro benzene ring substituents is 1. The molecule has 23 heavy (non-hydrogen) atoms. The van der Waals surface area contributed by atoms with E-state index in [0.717, 1.165) is 0 Å². The Kier molecular flexibility index (Phi) is 2.74. The summed E-state index contributed by atoms with van der Waals surface area (Å²) in [5, 5.41) is 15.9. The van der Waals surface area contributed by atoms with Gasteiger partial charge in [-0.25, -0.2) is 4.52 Å². The van der Waals surface area contributed by atoms with E-state index in [1.54, 1.807) is 34.8 Å². The van der Waals surface area contributed by atoms with Gasteiger partial charge in [0.1, 0.15) is 5.65 Å². The van der Waals surface area contributed by atoms with Crippen LogP contribution in [-0.4, -0.2) is 19.5 Å². The zero-order valence-corrected chi connectivity index (χ0v) is 11.8. The first kappa shape index (κ1) is 13.2. The first-order valence-corrected chi connectivity index (χ1v) is 6.89. The van der Waals surface area contributed by atoms with Crippen LogP contribution in [0.5, 0.6) is 0 Å². The number of nitrogens with one attached hydrogen (secondary N) is 1. The number of benzene rings is 2. The Morgan fingerprint density at radius 2 is 1.91 bits per heavy atom. The number of aromatic nitrogens is 3. The van der Waals surface area contributed by atoms with E-state index in [1.165, 1.54) is 12.1 Å². The average Bonchev–Trinajstić information content (AvgIpc) is 2.99. The van der Waals surface area contributed by atoms with E-state index in [4.69, 9.17) is 0 Å². The van der Waals surface area contributed by atoms with Gasteiger partial charge in [-0.3, -0.25) is 14.9 Å². The maximum atomic E-state index is 12.1. The molecule has 112 valence electrons. The van der Waals surface area contributed by atoms with Gasteiger partial charge in [0.25, 0.3) is 11.2 Å². The van der Waals surface area contributed by atoms with Gasteiger partial charge in [-0.05, 0) is 12.1 Å². The summed E-state index contributed by atoms with van der Waals surface area (Å²) in [6, 6.07) is 15.1. The molecule has 7 heteroatoms. The van der Waals surface area contributed by atoms with Crippen molar-refractivity contribution in [2.24, 2.45) is 0 Å². The molecule has 0 aliphatic carbocycles. The van der Waals surface area contributed by atoms with E-state index in [1.807, 2.05) is 12.1 Å². The lowest BCUT2D eigenvalue weighted by Gasteiger charge is -1.99. The molecule has 2 heterocycles. The zero-order chi connectivity index (χ0) is 16.0. The lowest BCUT2D eigenvalue weighted by Crippen LogP contribution is -2.09. The van der Waals surface area contributed by atoms with Gasteiger partial charge in [-0.15, -0.1) is 0 Å². The molecular formula is C16H10N4O3. The van der Waals surface area contributed by atoms with Crippen molar-refractivity contribution in [2.75, 3.05) is 0 Å². The summed E-state index contributed by atoms with van der Waals surface area (Å²) < 4.78 is 1.63. The number of hydrogen-bond donors (Lipinski definition) is 1. The van der Waals surface area contributed by atoms with Crippen LogP contribution < -0.4 is 5.56 Å². The van der Waals surface area contributed by atoms with Crippen LogP contribution in [0, 0.1) is 10.1 Å². The van der Waals surface area contributed by atoms with E-state index >= 15 is 0 Å². The fourth-order valence-corrected chi connectivity index (χ4v) is 2.61. The predicted molar refractivity (Wildman–Crippen MR) is 85.4 cm³/mol. The Morgan fingerprint density at radius 3 is 2.74 bits per heavy atom. The van der Waals surface area contributed by atoms with Crippen molar-refractivity contribution in [1.82, 2.24) is 14.6 Å². The Labute approximate surface area is 129 Å². The second-order valence-electron chi connectivity index (χ2n) is 5.11. The zero-order valence-electron chi connectivity index (χ0n) is 11.8. The molecule has 0 spiro atoms. The number of aromatic amines is 1. The largest absolute Gasteiger partial charge is 0.306 e. The van der Waals surface area contributed by atoms with Crippen LogP contribution in [0.2, 0.25) is 0 Å². The summed E-state index contributed by atoms with van der Waals surface area (Å²) in [4.78, 5) is 25.3. The summed E-state index contributed by atoms with van der Waals surface area (Å²) in [6.07, 6.45) is 0.